The van der Waals surface area contributed by atoms with Gasteiger partial charge in [0.1, 0.15) is 0 Å². The maximum atomic E-state index is 12.7. The Morgan fingerprint density at radius 1 is 1.25 bits per heavy atom. The van der Waals surface area contributed by atoms with Crippen LogP contribution in [0.3, 0.4) is 0 Å². The van der Waals surface area contributed by atoms with Gasteiger partial charge in [-0.2, -0.15) is 15.0 Å². The molecule has 0 radical (unpaired) electrons. The van der Waals surface area contributed by atoms with Crippen molar-refractivity contribution in [1.29, 1.82) is 0 Å². The molecular formula is C16H22ClN5O2. The minimum atomic E-state index is -0.456. The Kier molecular flexibility index (Phi) is 6.30. The van der Waals surface area contributed by atoms with Gasteiger partial charge in [0.25, 0.3) is 0 Å². The van der Waals surface area contributed by atoms with E-state index in [2.05, 4.69) is 20.8 Å². The molecule has 1 amide bonds. The smallest absolute Gasteiger partial charge is 0.233 e. The van der Waals surface area contributed by atoms with Crippen LogP contribution in [-0.2, 0) is 9.53 Å². The molecule has 0 unspecified atom stereocenters. The number of hydrogen-bond donors (Lipinski definition) is 2. The van der Waals surface area contributed by atoms with Crippen LogP contribution in [-0.4, -0.2) is 47.7 Å². The quantitative estimate of drug-likeness (QED) is 0.856. The predicted molar refractivity (Wildman–Crippen MR) is 93.6 cm³/mol. The first-order valence-corrected chi connectivity index (χ1v) is 7.71. The minimum absolute atomic E-state index is 0. The zero-order valence-electron chi connectivity index (χ0n) is 13.6. The minimum Gasteiger partial charge on any atom is -0.384 e. The van der Waals surface area contributed by atoms with Gasteiger partial charge in [0.15, 0.2) is 0 Å². The topological polar surface area (TPSA) is 81.1 Å². The van der Waals surface area contributed by atoms with Gasteiger partial charge in [-0.05, 0) is 50.2 Å². The number of rotatable bonds is 5. The van der Waals surface area contributed by atoms with Crippen molar-refractivity contribution in [2.75, 3.05) is 32.1 Å². The number of halogens is 1. The molecule has 0 bridgehead atoms. The van der Waals surface area contributed by atoms with Crippen molar-refractivity contribution < 1.29 is 9.53 Å². The molecule has 2 heterocycles. The van der Waals surface area contributed by atoms with Gasteiger partial charge in [-0.3, -0.25) is 4.79 Å². The van der Waals surface area contributed by atoms with Crippen LogP contribution in [0.2, 0.25) is 0 Å². The lowest BCUT2D eigenvalue weighted by Gasteiger charge is -2.35. The van der Waals surface area contributed by atoms with Crippen molar-refractivity contribution in [2.24, 2.45) is 5.41 Å². The van der Waals surface area contributed by atoms with E-state index in [-0.39, 0.29) is 18.3 Å². The van der Waals surface area contributed by atoms with Crippen LogP contribution in [0, 0.1) is 5.41 Å². The molecule has 2 N–H and O–H groups in total. The number of piperidine rings is 1. The largest absolute Gasteiger partial charge is 0.384 e. The van der Waals surface area contributed by atoms with E-state index in [0.29, 0.717) is 6.61 Å². The zero-order chi connectivity index (χ0) is 16.1. The highest BCUT2D eigenvalue weighted by atomic mass is 35.5. The molecule has 0 saturated carbocycles. The van der Waals surface area contributed by atoms with Gasteiger partial charge in [0, 0.05) is 12.8 Å². The van der Waals surface area contributed by atoms with Crippen LogP contribution < -0.4 is 10.6 Å². The first kappa shape index (κ1) is 18.4. The second-order valence-electron chi connectivity index (χ2n) is 5.78. The molecule has 130 valence electrons. The maximum Gasteiger partial charge on any atom is 0.233 e. The van der Waals surface area contributed by atoms with E-state index < -0.39 is 5.41 Å². The summed E-state index contributed by atoms with van der Waals surface area (Å²) in [6.07, 6.45) is 4.81. The van der Waals surface area contributed by atoms with Crippen molar-refractivity contribution in [2.45, 2.75) is 12.8 Å². The Balaban J connectivity index is 0.00000208. The van der Waals surface area contributed by atoms with Crippen molar-refractivity contribution in [3.8, 4) is 5.69 Å². The molecule has 1 aromatic heterocycles. The third-order valence-corrected chi connectivity index (χ3v) is 4.24. The van der Waals surface area contributed by atoms with Crippen molar-refractivity contribution in [3.05, 3.63) is 36.7 Å². The highest BCUT2D eigenvalue weighted by Gasteiger charge is 2.39. The van der Waals surface area contributed by atoms with E-state index in [1.807, 2.05) is 24.3 Å². The van der Waals surface area contributed by atoms with Crippen LogP contribution in [0.5, 0.6) is 0 Å². The third kappa shape index (κ3) is 3.92. The van der Waals surface area contributed by atoms with Crippen LogP contribution in [0.25, 0.3) is 5.69 Å². The molecule has 0 spiro atoms. The van der Waals surface area contributed by atoms with Gasteiger partial charge in [-0.25, -0.2) is 0 Å². The molecule has 7 nitrogen and oxygen atoms in total. The van der Waals surface area contributed by atoms with Gasteiger partial charge in [-0.15, -0.1) is 12.4 Å². The SMILES string of the molecule is COCC1(C(=O)Nc2ccc(-n3nccn3)cc2)CCNCC1.Cl. The Hall–Kier alpha value is -1.96. The second kappa shape index (κ2) is 8.23. The van der Waals surface area contributed by atoms with Crippen molar-refractivity contribution >= 4 is 24.0 Å². The van der Waals surface area contributed by atoms with Gasteiger partial charge in [-0.1, -0.05) is 0 Å². The molecule has 1 aliphatic rings. The Morgan fingerprint density at radius 2 is 1.88 bits per heavy atom. The molecule has 0 aliphatic carbocycles. The highest BCUT2D eigenvalue weighted by molar-refractivity contribution is 5.95. The number of anilines is 1. The molecule has 24 heavy (non-hydrogen) atoms. The van der Waals surface area contributed by atoms with Gasteiger partial charge in [0.05, 0.1) is 30.1 Å². The van der Waals surface area contributed by atoms with Crippen molar-refractivity contribution in [1.82, 2.24) is 20.3 Å². The van der Waals surface area contributed by atoms with E-state index in [0.717, 1.165) is 37.3 Å². The number of nitrogens with one attached hydrogen (secondary N) is 2. The first-order valence-electron chi connectivity index (χ1n) is 7.71. The molecule has 1 aliphatic heterocycles. The van der Waals surface area contributed by atoms with E-state index in [4.69, 9.17) is 4.74 Å². The predicted octanol–water partition coefficient (Wildman–Crippen LogP) is 1.64. The number of methoxy groups -OCH3 is 1. The summed E-state index contributed by atoms with van der Waals surface area (Å²) in [6, 6.07) is 7.47. The molecule has 1 saturated heterocycles. The van der Waals surface area contributed by atoms with Crippen LogP contribution in [0.1, 0.15) is 12.8 Å². The summed E-state index contributed by atoms with van der Waals surface area (Å²) >= 11 is 0. The normalized spacial score (nSPS) is 16.2. The second-order valence-corrected chi connectivity index (χ2v) is 5.78. The van der Waals surface area contributed by atoms with Gasteiger partial charge < -0.3 is 15.4 Å². The molecule has 0 atom stereocenters. The summed E-state index contributed by atoms with van der Waals surface area (Å²) in [5, 5.41) is 14.5. The fraction of sp³-hybridized carbons (Fsp3) is 0.438. The number of carbonyl (C=O) groups is 1. The fourth-order valence-electron chi connectivity index (χ4n) is 2.91. The molecule has 2 aromatic rings. The van der Waals surface area contributed by atoms with E-state index in [1.165, 1.54) is 4.80 Å². The third-order valence-electron chi connectivity index (χ3n) is 4.24. The Morgan fingerprint density at radius 3 is 2.46 bits per heavy atom. The highest BCUT2D eigenvalue weighted by Crippen LogP contribution is 2.31. The number of benzene rings is 1. The lowest BCUT2D eigenvalue weighted by atomic mass is 9.78. The summed E-state index contributed by atoms with van der Waals surface area (Å²) in [7, 11) is 1.64. The molecule has 1 fully saturated rings. The molecule has 3 rings (SSSR count). The number of aromatic nitrogens is 3. The number of hydrogen-bond acceptors (Lipinski definition) is 5. The average molecular weight is 352 g/mol. The summed E-state index contributed by atoms with van der Waals surface area (Å²) < 4.78 is 5.30. The number of nitrogens with zero attached hydrogens (tertiary/aromatic N) is 3. The maximum absolute atomic E-state index is 12.7. The first-order chi connectivity index (χ1) is 11.2. The number of carbonyl (C=O) groups excluding carboxylic acids is 1. The monoisotopic (exact) mass is 351 g/mol. The van der Waals surface area contributed by atoms with E-state index in [9.17, 15) is 4.79 Å². The summed E-state index contributed by atoms with van der Waals surface area (Å²) in [5.74, 6) is 0.0193. The average Bonchev–Trinajstić information content (AvgIpc) is 3.11. The molecular weight excluding hydrogens is 330 g/mol. The molecule has 1 aromatic carbocycles. The fourth-order valence-corrected chi connectivity index (χ4v) is 2.91. The standard InChI is InChI=1S/C16H21N5O2.ClH/c1-23-12-16(6-8-17-9-7-16)15(22)20-13-2-4-14(5-3-13)21-18-10-11-19-21;/h2-5,10-11,17H,6-9,12H2,1H3,(H,20,22);1H. The Bertz CT molecular complexity index is 633. The summed E-state index contributed by atoms with van der Waals surface area (Å²) in [4.78, 5) is 14.3. The van der Waals surface area contributed by atoms with Crippen LogP contribution in [0.15, 0.2) is 36.7 Å². The van der Waals surface area contributed by atoms with Gasteiger partial charge in [0.2, 0.25) is 5.91 Å². The lowest BCUT2D eigenvalue weighted by Crippen LogP contribution is -2.47. The lowest BCUT2D eigenvalue weighted by molar-refractivity contribution is -0.130. The summed E-state index contributed by atoms with van der Waals surface area (Å²) in [5.41, 5.74) is 1.16. The van der Waals surface area contributed by atoms with Crippen LogP contribution in [0.4, 0.5) is 5.69 Å². The zero-order valence-corrected chi connectivity index (χ0v) is 14.4. The Labute approximate surface area is 147 Å². The van der Waals surface area contributed by atoms with Gasteiger partial charge >= 0.3 is 0 Å². The van der Waals surface area contributed by atoms with E-state index >= 15 is 0 Å². The summed E-state index contributed by atoms with van der Waals surface area (Å²) in [6.45, 7) is 2.11. The van der Waals surface area contributed by atoms with E-state index in [1.54, 1.807) is 19.5 Å². The van der Waals surface area contributed by atoms with Crippen LogP contribution >= 0.6 is 12.4 Å². The molecule has 8 heteroatoms. The van der Waals surface area contributed by atoms with Crippen molar-refractivity contribution in [3.63, 3.8) is 0 Å². The number of amides is 1. The number of ether oxygens (including phenoxy) is 1.